The summed E-state index contributed by atoms with van der Waals surface area (Å²) in [6.07, 6.45) is 0.386. The molecule has 8 nitrogen and oxygen atoms in total. The van der Waals surface area contributed by atoms with Gasteiger partial charge in [0, 0.05) is 12.1 Å². The van der Waals surface area contributed by atoms with Crippen LogP contribution in [0.1, 0.15) is 22.7 Å². The van der Waals surface area contributed by atoms with Crippen LogP contribution in [0.4, 0.5) is 0 Å². The van der Waals surface area contributed by atoms with Crippen molar-refractivity contribution in [3.63, 3.8) is 0 Å². The average Bonchev–Trinajstić information content (AvgIpc) is 2.93. The van der Waals surface area contributed by atoms with Crippen molar-refractivity contribution in [2.24, 2.45) is 0 Å². The van der Waals surface area contributed by atoms with Crippen LogP contribution in [0.3, 0.4) is 0 Å². The molecular formula is C11H14N4O4S. The molecule has 0 atom stereocenters. The van der Waals surface area contributed by atoms with Gasteiger partial charge >= 0.3 is 0 Å². The van der Waals surface area contributed by atoms with Crippen molar-refractivity contribution in [1.82, 2.24) is 19.7 Å². The van der Waals surface area contributed by atoms with Gasteiger partial charge in [-0.2, -0.15) is 4.31 Å². The highest BCUT2D eigenvalue weighted by atomic mass is 32.2. The molecule has 0 saturated heterocycles. The number of aryl methyl sites for hydroxylation is 2. The first-order valence-corrected chi connectivity index (χ1v) is 7.56. The third-order valence-corrected chi connectivity index (χ3v) is 5.57. The molecule has 0 spiro atoms. The second kappa shape index (κ2) is 4.32. The van der Waals surface area contributed by atoms with Crippen LogP contribution in [0.5, 0.6) is 0 Å². The van der Waals surface area contributed by atoms with Crippen LogP contribution in [0.15, 0.2) is 14.2 Å². The Morgan fingerprint density at radius 2 is 2.05 bits per heavy atom. The summed E-state index contributed by atoms with van der Waals surface area (Å²) in [6, 6.07) is 0. The fourth-order valence-corrected chi connectivity index (χ4v) is 4.19. The topological polar surface area (TPSA) is 112 Å². The van der Waals surface area contributed by atoms with Crippen molar-refractivity contribution in [2.45, 2.75) is 31.7 Å². The molecule has 0 bridgehead atoms. The van der Waals surface area contributed by atoms with E-state index in [1.807, 2.05) is 0 Å². The minimum absolute atomic E-state index is 0.110. The fourth-order valence-electron chi connectivity index (χ4n) is 2.49. The molecule has 1 aliphatic heterocycles. The lowest BCUT2D eigenvalue weighted by molar-refractivity contribution is 0.379. The van der Waals surface area contributed by atoms with E-state index in [2.05, 4.69) is 15.4 Å². The monoisotopic (exact) mass is 298 g/mol. The zero-order valence-electron chi connectivity index (χ0n) is 11.1. The zero-order valence-corrected chi connectivity index (χ0v) is 11.9. The van der Waals surface area contributed by atoms with E-state index in [0.717, 1.165) is 0 Å². The number of aromatic amines is 2. The van der Waals surface area contributed by atoms with Crippen LogP contribution in [0.2, 0.25) is 0 Å². The smallest absolute Gasteiger partial charge is 0.267 e. The number of hydrogen-bond donors (Lipinski definition) is 2. The molecule has 9 heteroatoms. The van der Waals surface area contributed by atoms with Crippen molar-refractivity contribution in [3.05, 3.63) is 33.1 Å². The van der Waals surface area contributed by atoms with Crippen LogP contribution in [0, 0.1) is 13.8 Å². The molecule has 0 aliphatic carbocycles. The quantitative estimate of drug-likeness (QED) is 0.814. The summed E-state index contributed by atoms with van der Waals surface area (Å²) in [7, 11) is -3.67. The predicted molar refractivity (Wildman–Crippen MR) is 68.7 cm³/mol. The Kier molecular flexibility index (Phi) is 2.83. The molecule has 0 amide bonds. The van der Waals surface area contributed by atoms with Gasteiger partial charge in [-0.1, -0.05) is 5.16 Å². The van der Waals surface area contributed by atoms with Crippen LogP contribution >= 0.6 is 0 Å². The first kappa shape index (κ1) is 13.1. The molecule has 0 fully saturated rings. The Hall–Kier alpha value is -1.87. The van der Waals surface area contributed by atoms with Crippen molar-refractivity contribution in [1.29, 1.82) is 0 Å². The summed E-state index contributed by atoms with van der Waals surface area (Å²) in [5.41, 5.74) is 1.39. The van der Waals surface area contributed by atoms with E-state index in [4.69, 9.17) is 4.52 Å². The van der Waals surface area contributed by atoms with Crippen LogP contribution in [0.25, 0.3) is 0 Å². The zero-order chi connectivity index (χ0) is 14.5. The Morgan fingerprint density at radius 1 is 1.30 bits per heavy atom. The number of nitrogens with zero attached hydrogens (tertiary/aromatic N) is 2. The third-order valence-electron chi connectivity index (χ3n) is 3.48. The molecule has 2 N–H and O–H groups in total. The summed E-state index contributed by atoms with van der Waals surface area (Å²) in [6.45, 7) is 3.57. The molecule has 0 radical (unpaired) electrons. The predicted octanol–water partition coefficient (Wildman–Crippen LogP) is 0.0548. The average molecular weight is 298 g/mol. The van der Waals surface area contributed by atoms with Crippen molar-refractivity contribution in [3.8, 4) is 0 Å². The molecular weight excluding hydrogens is 284 g/mol. The molecule has 3 heterocycles. The Balaban J connectivity index is 2.01. The third kappa shape index (κ3) is 1.81. The number of aromatic nitrogens is 3. The number of fused-ring (bicyclic) bond motifs is 1. The van der Waals surface area contributed by atoms with Gasteiger partial charge in [0.15, 0.2) is 5.76 Å². The van der Waals surface area contributed by atoms with Crippen LogP contribution in [-0.4, -0.2) is 34.6 Å². The van der Waals surface area contributed by atoms with Gasteiger partial charge in [0.25, 0.3) is 5.56 Å². The minimum Gasteiger partial charge on any atom is -0.360 e. The second-order valence-electron chi connectivity index (χ2n) is 4.78. The molecule has 2 aromatic heterocycles. The van der Waals surface area contributed by atoms with Crippen molar-refractivity contribution < 1.29 is 12.9 Å². The summed E-state index contributed by atoms with van der Waals surface area (Å²) in [5, 5.41) is 8.88. The number of hydrogen-bond acceptors (Lipinski definition) is 5. The van der Waals surface area contributed by atoms with E-state index >= 15 is 0 Å². The lowest BCUT2D eigenvalue weighted by Crippen LogP contribution is -2.37. The number of rotatable bonds is 2. The summed E-state index contributed by atoms with van der Waals surface area (Å²) >= 11 is 0. The van der Waals surface area contributed by atoms with Crippen LogP contribution in [-0.2, 0) is 23.0 Å². The summed E-state index contributed by atoms with van der Waals surface area (Å²) in [4.78, 5) is 11.6. The maximum absolute atomic E-state index is 12.6. The molecule has 2 aromatic rings. The maximum Gasteiger partial charge on any atom is 0.267 e. The highest BCUT2D eigenvalue weighted by Crippen LogP contribution is 2.26. The summed E-state index contributed by atoms with van der Waals surface area (Å²) < 4.78 is 31.5. The highest BCUT2D eigenvalue weighted by Gasteiger charge is 2.34. The van der Waals surface area contributed by atoms with Gasteiger partial charge in [-0.15, -0.1) is 0 Å². The standard InChI is InChI=1S/C11H14N4O4S/c1-6-10(7(2)19-14-6)20(17,18)15-4-3-8-9(5-15)12-13-11(8)16/h3-5H2,1-2H3,(H2,12,13,16). The maximum atomic E-state index is 12.6. The van der Waals surface area contributed by atoms with Gasteiger partial charge in [0.2, 0.25) is 10.0 Å². The first-order valence-electron chi connectivity index (χ1n) is 6.12. The largest absolute Gasteiger partial charge is 0.360 e. The van der Waals surface area contributed by atoms with Gasteiger partial charge in [-0.25, -0.2) is 8.42 Å². The molecule has 0 unspecified atom stereocenters. The highest BCUT2D eigenvalue weighted by molar-refractivity contribution is 7.89. The van der Waals surface area contributed by atoms with Crippen molar-refractivity contribution >= 4 is 10.0 Å². The SMILES string of the molecule is Cc1noc(C)c1S(=O)(=O)N1CCc2c([nH][nH]c2=O)C1. The van der Waals surface area contributed by atoms with E-state index in [1.54, 1.807) is 13.8 Å². The van der Waals surface area contributed by atoms with Crippen LogP contribution < -0.4 is 5.56 Å². The van der Waals surface area contributed by atoms with E-state index in [9.17, 15) is 13.2 Å². The fraction of sp³-hybridized carbons (Fsp3) is 0.455. The lowest BCUT2D eigenvalue weighted by Gasteiger charge is -2.25. The molecule has 108 valence electrons. The molecule has 3 rings (SSSR count). The Labute approximate surface area is 114 Å². The van der Waals surface area contributed by atoms with Gasteiger partial charge in [-0.05, 0) is 20.3 Å². The van der Waals surface area contributed by atoms with Gasteiger partial charge in [-0.3, -0.25) is 9.89 Å². The minimum atomic E-state index is -3.67. The van der Waals surface area contributed by atoms with Gasteiger partial charge < -0.3 is 9.62 Å². The van der Waals surface area contributed by atoms with Gasteiger partial charge in [0.1, 0.15) is 10.6 Å². The van der Waals surface area contributed by atoms with E-state index in [0.29, 0.717) is 23.4 Å². The second-order valence-corrected chi connectivity index (χ2v) is 6.65. The number of H-pyrrole nitrogens is 2. The number of sulfonamides is 1. The van der Waals surface area contributed by atoms with E-state index in [1.165, 1.54) is 4.31 Å². The lowest BCUT2D eigenvalue weighted by atomic mass is 10.1. The normalized spacial score (nSPS) is 16.3. The molecule has 1 aliphatic rings. The van der Waals surface area contributed by atoms with E-state index in [-0.39, 0.29) is 29.3 Å². The first-order chi connectivity index (χ1) is 9.41. The molecule has 0 aromatic carbocycles. The molecule has 0 saturated carbocycles. The van der Waals surface area contributed by atoms with E-state index < -0.39 is 10.0 Å². The van der Waals surface area contributed by atoms with Gasteiger partial charge in [0.05, 0.1) is 12.2 Å². The molecule has 20 heavy (non-hydrogen) atoms. The Morgan fingerprint density at radius 3 is 2.70 bits per heavy atom. The van der Waals surface area contributed by atoms with Crippen molar-refractivity contribution in [2.75, 3.05) is 6.54 Å². The Bertz CT molecular complexity index is 794. The summed E-state index contributed by atoms with van der Waals surface area (Å²) in [5.74, 6) is 0.274. The number of nitrogens with one attached hydrogen (secondary N) is 2.